The second kappa shape index (κ2) is 11.9. The number of rotatable bonds is 13. The third-order valence-corrected chi connectivity index (χ3v) is 7.47. The van der Waals surface area contributed by atoms with Gasteiger partial charge in [-0.1, -0.05) is 86.0 Å². The summed E-state index contributed by atoms with van der Waals surface area (Å²) in [6.45, 7) is 14.2. The molecule has 1 heteroatoms. The Hall–Kier alpha value is 0.290. The summed E-state index contributed by atoms with van der Waals surface area (Å²) in [7, 11) is 0. The summed E-state index contributed by atoms with van der Waals surface area (Å²) in [5.74, 6) is 3.40. The first-order valence-electron chi connectivity index (χ1n) is 11.5. The van der Waals surface area contributed by atoms with Crippen LogP contribution in [0, 0.1) is 29.1 Å². The summed E-state index contributed by atoms with van der Waals surface area (Å²) < 4.78 is 0. The summed E-state index contributed by atoms with van der Waals surface area (Å²) in [4.78, 5) is 0. The molecule has 0 aromatic rings. The van der Waals surface area contributed by atoms with Gasteiger partial charge < -0.3 is 0 Å². The number of unbranched alkanes of at least 4 members (excludes halogenated alkanes) is 1. The molecule has 0 spiro atoms. The first kappa shape index (κ1) is 23.3. The van der Waals surface area contributed by atoms with Gasteiger partial charge in [-0.2, -0.15) is 0 Å². The van der Waals surface area contributed by atoms with Gasteiger partial charge in [-0.3, -0.25) is 0 Å². The minimum absolute atomic E-state index is 0.284. The second-order valence-electron chi connectivity index (χ2n) is 9.90. The van der Waals surface area contributed by atoms with Crippen LogP contribution in [0.4, 0.5) is 0 Å². The second-order valence-corrected chi connectivity index (χ2v) is 10.6. The van der Waals surface area contributed by atoms with Gasteiger partial charge in [-0.05, 0) is 61.7 Å². The van der Waals surface area contributed by atoms with Crippen LogP contribution in [-0.2, 0) is 0 Å². The lowest BCUT2D eigenvalue weighted by Gasteiger charge is -2.45. The summed E-state index contributed by atoms with van der Waals surface area (Å²) in [5, 5.41) is 0.284. The Kier molecular flexibility index (Phi) is 11.1. The molecule has 0 saturated heterocycles. The van der Waals surface area contributed by atoms with Gasteiger partial charge in [0.15, 0.2) is 0 Å². The van der Waals surface area contributed by atoms with E-state index < -0.39 is 0 Å². The molecule has 25 heavy (non-hydrogen) atoms. The first-order valence-corrected chi connectivity index (χ1v) is 11.9. The van der Waals surface area contributed by atoms with Crippen LogP contribution in [0.1, 0.15) is 119 Å². The largest absolute Gasteiger partial charge is 0.123 e. The lowest BCUT2D eigenvalue weighted by molar-refractivity contribution is 0.0902. The van der Waals surface area contributed by atoms with E-state index in [1.165, 1.54) is 77.0 Å². The number of hydrogen-bond donors (Lipinski definition) is 0. The maximum atomic E-state index is 6.87. The molecule has 1 fully saturated rings. The Bertz CT molecular complexity index is 327. The molecule has 3 unspecified atom stereocenters. The molecule has 0 aromatic carbocycles. The van der Waals surface area contributed by atoms with Crippen molar-refractivity contribution in [2.24, 2.45) is 29.1 Å². The van der Waals surface area contributed by atoms with E-state index in [4.69, 9.17) is 11.6 Å². The van der Waals surface area contributed by atoms with E-state index in [0.29, 0.717) is 5.41 Å². The van der Waals surface area contributed by atoms with Crippen molar-refractivity contribution in [1.82, 2.24) is 0 Å². The fourth-order valence-electron chi connectivity index (χ4n) is 5.50. The van der Waals surface area contributed by atoms with Crippen molar-refractivity contribution in [2.75, 3.05) is 0 Å². The minimum atomic E-state index is 0.284. The van der Waals surface area contributed by atoms with E-state index in [2.05, 4.69) is 41.5 Å². The lowest BCUT2D eigenvalue weighted by atomic mass is 9.63. The molecular weight excluding hydrogens is 324 g/mol. The first-order chi connectivity index (χ1) is 11.8. The molecule has 0 bridgehead atoms. The monoisotopic (exact) mass is 370 g/mol. The molecular formula is C24H47Cl. The van der Waals surface area contributed by atoms with Gasteiger partial charge in [0.25, 0.3) is 0 Å². The Morgan fingerprint density at radius 2 is 1.52 bits per heavy atom. The van der Waals surface area contributed by atoms with Crippen molar-refractivity contribution in [3.63, 3.8) is 0 Å². The van der Waals surface area contributed by atoms with Gasteiger partial charge in [0.2, 0.25) is 0 Å². The Labute approximate surface area is 164 Å². The summed E-state index contributed by atoms with van der Waals surface area (Å²) >= 11 is 6.87. The van der Waals surface area contributed by atoms with Gasteiger partial charge in [0, 0.05) is 5.38 Å². The highest BCUT2D eigenvalue weighted by atomic mass is 35.5. The van der Waals surface area contributed by atoms with E-state index in [-0.39, 0.29) is 5.38 Å². The fourth-order valence-corrected chi connectivity index (χ4v) is 5.93. The third-order valence-electron chi connectivity index (χ3n) is 7.03. The quantitative estimate of drug-likeness (QED) is 0.224. The van der Waals surface area contributed by atoms with E-state index >= 15 is 0 Å². The smallest absolute Gasteiger partial charge is 0.0366 e. The van der Waals surface area contributed by atoms with Crippen LogP contribution < -0.4 is 0 Å². The molecule has 0 amide bonds. The minimum Gasteiger partial charge on any atom is -0.123 e. The Morgan fingerprint density at radius 1 is 0.880 bits per heavy atom. The Balaban J connectivity index is 2.69. The van der Waals surface area contributed by atoms with Crippen molar-refractivity contribution >= 4 is 11.6 Å². The topological polar surface area (TPSA) is 0 Å². The SMILES string of the molecule is CCC(CC(C)C)(C(C)Cl)C(CCCCC1CCCC1)CCC(C)C. The average Bonchev–Trinajstić information content (AvgIpc) is 3.04. The van der Waals surface area contributed by atoms with Crippen LogP contribution in [0.2, 0.25) is 0 Å². The molecule has 0 nitrogen and oxygen atoms in total. The fraction of sp³-hybridized carbons (Fsp3) is 1.00. The molecule has 1 rings (SSSR count). The highest BCUT2D eigenvalue weighted by Crippen LogP contribution is 2.48. The molecule has 1 aliphatic rings. The molecule has 0 heterocycles. The third kappa shape index (κ3) is 7.82. The van der Waals surface area contributed by atoms with Gasteiger partial charge in [-0.25, -0.2) is 0 Å². The van der Waals surface area contributed by atoms with Crippen molar-refractivity contribution in [1.29, 1.82) is 0 Å². The Morgan fingerprint density at radius 3 is 2.00 bits per heavy atom. The highest BCUT2D eigenvalue weighted by Gasteiger charge is 2.41. The van der Waals surface area contributed by atoms with Crippen LogP contribution in [0.15, 0.2) is 0 Å². The molecule has 150 valence electrons. The molecule has 0 N–H and O–H groups in total. The van der Waals surface area contributed by atoms with Crippen molar-refractivity contribution in [2.45, 2.75) is 124 Å². The molecule has 0 aromatic heterocycles. The number of hydrogen-bond acceptors (Lipinski definition) is 0. The summed E-state index contributed by atoms with van der Waals surface area (Å²) in [5.41, 5.74) is 0.331. The zero-order chi connectivity index (χ0) is 18.9. The normalized spacial score (nSPS) is 21.0. The van der Waals surface area contributed by atoms with E-state index in [1.54, 1.807) is 0 Å². The van der Waals surface area contributed by atoms with Gasteiger partial charge >= 0.3 is 0 Å². The van der Waals surface area contributed by atoms with Crippen LogP contribution in [0.3, 0.4) is 0 Å². The van der Waals surface area contributed by atoms with Crippen molar-refractivity contribution < 1.29 is 0 Å². The zero-order valence-electron chi connectivity index (χ0n) is 18.2. The molecule has 0 radical (unpaired) electrons. The standard InChI is InChI=1S/C24H47Cl/c1-7-24(21(6)25,18-20(4)5)23(17-16-19(2)3)15-11-10-14-22-12-8-9-13-22/h19-23H,7-18H2,1-6H3. The average molecular weight is 371 g/mol. The molecule has 1 saturated carbocycles. The van der Waals surface area contributed by atoms with Crippen molar-refractivity contribution in [3.05, 3.63) is 0 Å². The number of halogens is 1. The summed E-state index contributed by atoms with van der Waals surface area (Å²) in [6, 6.07) is 0. The van der Waals surface area contributed by atoms with E-state index in [1.807, 2.05) is 0 Å². The van der Waals surface area contributed by atoms with Crippen molar-refractivity contribution in [3.8, 4) is 0 Å². The lowest BCUT2D eigenvalue weighted by Crippen LogP contribution is -2.39. The van der Waals surface area contributed by atoms with Crippen LogP contribution in [0.25, 0.3) is 0 Å². The van der Waals surface area contributed by atoms with E-state index in [0.717, 1.165) is 23.7 Å². The predicted molar refractivity (Wildman–Crippen MR) is 115 cm³/mol. The zero-order valence-corrected chi connectivity index (χ0v) is 19.0. The van der Waals surface area contributed by atoms with Crippen LogP contribution in [-0.4, -0.2) is 5.38 Å². The maximum Gasteiger partial charge on any atom is 0.0366 e. The van der Waals surface area contributed by atoms with Crippen LogP contribution in [0.5, 0.6) is 0 Å². The van der Waals surface area contributed by atoms with Gasteiger partial charge in [0.1, 0.15) is 0 Å². The van der Waals surface area contributed by atoms with Gasteiger partial charge in [-0.15, -0.1) is 11.6 Å². The maximum absolute atomic E-state index is 6.87. The molecule has 1 aliphatic carbocycles. The van der Waals surface area contributed by atoms with E-state index in [9.17, 15) is 0 Å². The highest BCUT2D eigenvalue weighted by molar-refractivity contribution is 6.20. The predicted octanol–water partition coefficient (Wildman–Crippen LogP) is 8.86. The molecule has 0 aliphatic heterocycles. The van der Waals surface area contributed by atoms with Crippen LogP contribution >= 0.6 is 11.6 Å². The summed E-state index contributed by atoms with van der Waals surface area (Å²) in [6.07, 6.45) is 17.0. The number of alkyl halides is 1. The van der Waals surface area contributed by atoms with Gasteiger partial charge in [0.05, 0.1) is 0 Å². The molecule has 3 atom stereocenters.